The molecule has 1 aromatic carbocycles. The summed E-state index contributed by atoms with van der Waals surface area (Å²) in [5.74, 6) is 0. The van der Waals surface area contributed by atoms with E-state index in [1.54, 1.807) is 24.3 Å². The average molecular weight is 333 g/mol. The van der Waals surface area contributed by atoms with Crippen molar-refractivity contribution in [1.82, 2.24) is 4.98 Å². The molecule has 0 aliphatic carbocycles. The molecule has 0 saturated carbocycles. The van der Waals surface area contributed by atoms with Gasteiger partial charge in [0.25, 0.3) is 10.0 Å². The van der Waals surface area contributed by atoms with E-state index >= 15 is 0 Å². The van der Waals surface area contributed by atoms with Crippen LogP contribution in [0.2, 0.25) is 0 Å². The molecule has 0 radical (unpaired) electrons. The molecule has 0 unspecified atom stereocenters. The summed E-state index contributed by atoms with van der Waals surface area (Å²) < 4.78 is 27.8. The average Bonchev–Trinajstić information content (AvgIpc) is 2.77. The van der Waals surface area contributed by atoms with Crippen molar-refractivity contribution >= 4 is 43.0 Å². The molecule has 3 aromatic rings. The van der Waals surface area contributed by atoms with E-state index in [0.717, 1.165) is 22.6 Å². The smallest absolute Gasteiger partial charge is 0.273 e. The van der Waals surface area contributed by atoms with Crippen LogP contribution in [0.3, 0.4) is 0 Å². The number of pyridine rings is 1. The van der Waals surface area contributed by atoms with Crippen LogP contribution in [-0.2, 0) is 10.0 Å². The number of hydrogen-bond acceptors (Lipinski definition) is 5. The Labute approximate surface area is 132 Å². The molecule has 0 atom stereocenters. The van der Waals surface area contributed by atoms with Crippen LogP contribution in [-0.4, -0.2) is 13.4 Å². The summed E-state index contributed by atoms with van der Waals surface area (Å²) in [6, 6.07) is 10.6. The number of aromatic nitrogens is 1. The first kappa shape index (κ1) is 14.8. The fourth-order valence-corrected chi connectivity index (χ4v) is 5.04. The number of rotatable bonds is 3. The molecule has 0 bridgehead atoms. The van der Waals surface area contributed by atoms with Gasteiger partial charge in [-0.15, -0.1) is 0 Å². The van der Waals surface area contributed by atoms with Gasteiger partial charge in [0.05, 0.1) is 5.69 Å². The molecule has 0 fully saturated rings. The number of nitrogens with zero attached hydrogens (tertiary/aromatic N) is 1. The zero-order valence-corrected chi connectivity index (χ0v) is 13.8. The Morgan fingerprint density at radius 3 is 2.55 bits per heavy atom. The number of para-hydroxylation sites is 1. The highest BCUT2D eigenvalue weighted by Crippen LogP contribution is 2.38. The van der Waals surface area contributed by atoms with Crippen LogP contribution in [0, 0.1) is 13.8 Å². The minimum absolute atomic E-state index is 0.104. The predicted molar refractivity (Wildman–Crippen MR) is 90.8 cm³/mol. The van der Waals surface area contributed by atoms with Gasteiger partial charge in [0.2, 0.25) is 0 Å². The van der Waals surface area contributed by atoms with Gasteiger partial charge >= 0.3 is 0 Å². The first-order valence-electron chi connectivity index (χ1n) is 6.62. The van der Waals surface area contributed by atoms with E-state index < -0.39 is 10.0 Å². The number of anilines is 2. The highest BCUT2D eigenvalue weighted by atomic mass is 32.2. The first-order chi connectivity index (χ1) is 10.4. The monoisotopic (exact) mass is 333 g/mol. The maximum atomic E-state index is 12.6. The number of sulfonamides is 1. The standard InChI is InChI=1S/C15H15N3O2S2/c1-9-8-10(2)17-14-12(9)13(16)15(21-14)22(19,20)18-11-6-4-3-5-7-11/h3-8,18H,16H2,1-2H3. The Bertz CT molecular complexity index is 948. The van der Waals surface area contributed by atoms with Crippen molar-refractivity contribution in [3.63, 3.8) is 0 Å². The fourth-order valence-electron chi connectivity index (χ4n) is 2.36. The normalized spacial score (nSPS) is 11.7. The molecule has 114 valence electrons. The predicted octanol–water partition coefficient (Wildman–Crippen LogP) is 3.30. The second-order valence-electron chi connectivity index (χ2n) is 5.04. The van der Waals surface area contributed by atoms with E-state index in [1.807, 2.05) is 26.0 Å². The van der Waals surface area contributed by atoms with Crippen molar-refractivity contribution in [3.8, 4) is 0 Å². The van der Waals surface area contributed by atoms with Gasteiger partial charge in [-0.25, -0.2) is 13.4 Å². The second kappa shape index (κ2) is 5.26. The van der Waals surface area contributed by atoms with Crippen molar-refractivity contribution in [1.29, 1.82) is 0 Å². The van der Waals surface area contributed by atoms with Gasteiger partial charge in [-0.3, -0.25) is 4.72 Å². The Morgan fingerprint density at radius 2 is 1.86 bits per heavy atom. The Kier molecular flexibility index (Phi) is 3.54. The Balaban J connectivity index is 2.13. The van der Waals surface area contributed by atoms with Crippen LogP contribution in [0.1, 0.15) is 11.3 Å². The molecule has 0 amide bonds. The molecule has 3 rings (SSSR count). The van der Waals surface area contributed by atoms with E-state index in [2.05, 4.69) is 9.71 Å². The summed E-state index contributed by atoms with van der Waals surface area (Å²) in [6.45, 7) is 3.78. The van der Waals surface area contributed by atoms with E-state index in [9.17, 15) is 8.42 Å². The van der Waals surface area contributed by atoms with Crippen molar-refractivity contribution in [2.45, 2.75) is 18.1 Å². The molecule has 0 aliphatic heterocycles. The minimum Gasteiger partial charge on any atom is -0.396 e. The highest BCUT2D eigenvalue weighted by molar-refractivity contribution is 7.95. The van der Waals surface area contributed by atoms with E-state index in [-0.39, 0.29) is 9.90 Å². The fraction of sp³-hybridized carbons (Fsp3) is 0.133. The van der Waals surface area contributed by atoms with Crippen LogP contribution < -0.4 is 10.5 Å². The molecule has 22 heavy (non-hydrogen) atoms. The molecule has 2 aromatic heterocycles. The number of aryl methyl sites for hydroxylation is 2. The van der Waals surface area contributed by atoms with Crippen LogP contribution in [0.15, 0.2) is 40.6 Å². The number of benzene rings is 1. The Hall–Kier alpha value is -2.12. The molecule has 2 heterocycles. The molecule has 0 spiro atoms. The zero-order chi connectivity index (χ0) is 15.9. The van der Waals surface area contributed by atoms with E-state index in [0.29, 0.717) is 15.9 Å². The third kappa shape index (κ3) is 2.53. The van der Waals surface area contributed by atoms with E-state index in [4.69, 9.17) is 5.73 Å². The van der Waals surface area contributed by atoms with Gasteiger partial charge in [0.15, 0.2) is 4.21 Å². The van der Waals surface area contributed by atoms with Crippen molar-refractivity contribution < 1.29 is 8.42 Å². The topological polar surface area (TPSA) is 85.1 Å². The molecular weight excluding hydrogens is 318 g/mol. The quantitative estimate of drug-likeness (QED) is 0.770. The second-order valence-corrected chi connectivity index (χ2v) is 7.91. The maximum Gasteiger partial charge on any atom is 0.273 e. The third-order valence-corrected chi connectivity index (χ3v) is 6.28. The summed E-state index contributed by atoms with van der Waals surface area (Å²) in [7, 11) is -3.73. The molecule has 0 aliphatic rings. The molecular formula is C15H15N3O2S2. The summed E-state index contributed by atoms with van der Waals surface area (Å²) in [4.78, 5) is 5.03. The number of nitrogens with one attached hydrogen (secondary N) is 1. The number of fused-ring (bicyclic) bond motifs is 1. The van der Waals surface area contributed by atoms with E-state index in [1.165, 1.54) is 0 Å². The van der Waals surface area contributed by atoms with Crippen LogP contribution in [0.4, 0.5) is 11.4 Å². The maximum absolute atomic E-state index is 12.6. The SMILES string of the molecule is Cc1cc(C)c2c(N)c(S(=O)(=O)Nc3ccccc3)sc2n1. The van der Waals surface area contributed by atoms with Gasteiger partial charge in [-0.1, -0.05) is 29.5 Å². The minimum atomic E-state index is -3.73. The summed E-state index contributed by atoms with van der Waals surface area (Å²) >= 11 is 1.09. The summed E-state index contributed by atoms with van der Waals surface area (Å²) in [6.07, 6.45) is 0. The van der Waals surface area contributed by atoms with Gasteiger partial charge < -0.3 is 5.73 Å². The number of nitrogens with two attached hydrogens (primary N) is 1. The van der Waals surface area contributed by atoms with Gasteiger partial charge in [-0.2, -0.15) is 0 Å². The Morgan fingerprint density at radius 1 is 1.18 bits per heavy atom. The van der Waals surface area contributed by atoms with Crippen molar-refractivity contribution in [2.24, 2.45) is 0 Å². The third-order valence-electron chi connectivity index (χ3n) is 3.26. The summed E-state index contributed by atoms with van der Waals surface area (Å²) in [5.41, 5.74) is 8.61. The van der Waals surface area contributed by atoms with Crippen molar-refractivity contribution in [3.05, 3.63) is 47.7 Å². The zero-order valence-electron chi connectivity index (χ0n) is 12.1. The lowest BCUT2D eigenvalue weighted by Gasteiger charge is -2.06. The highest BCUT2D eigenvalue weighted by Gasteiger charge is 2.24. The molecule has 5 nitrogen and oxygen atoms in total. The van der Waals surface area contributed by atoms with Crippen molar-refractivity contribution in [2.75, 3.05) is 10.5 Å². The van der Waals surface area contributed by atoms with Crippen LogP contribution in [0.25, 0.3) is 10.2 Å². The largest absolute Gasteiger partial charge is 0.396 e. The lowest BCUT2D eigenvalue weighted by molar-refractivity contribution is 0.603. The van der Waals surface area contributed by atoms with Gasteiger partial charge in [0, 0.05) is 16.8 Å². The first-order valence-corrected chi connectivity index (χ1v) is 8.92. The number of nitrogen functional groups attached to an aromatic ring is 1. The number of thiophene rings is 1. The number of hydrogen-bond donors (Lipinski definition) is 2. The molecule has 3 N–H and O–H groups in total. The van der Waals surface area contributed by atoms with Crippen LogP contribution in [0.5, 0.6) is 0 Å². The summed E-state index contributed by atoms with van der Waals surface area (Å²) in [5, 5.41) is 0.712. The van der Waals surface area contributed by atoms with Gasteiger partial charge in [0.1, 0.15) is 4.83 Å². The van der Waals surface area contributed by atoms with Gasteiger partial charge in [-0.05, 0) is 37.6 Å². The molecule has 0 saturated heterocycles. The van der Waals surface area contributed by atoms with Crippen LogP contribution >= 0.6 is 11.3 Å². The molecule has 7 heteroatoms. The lowest BCUT2D eigenvalue weighted by atomic mass is 10.2. The lowest BCUT2D eigenvalue weighted by Crippen LogP contribution is -2.12.